The molecule has 0 amide bonds. The lowest BCUT2D eigenvalue weighted by molar-refractivity contribution is 0.627. The lowest BCUT2D eigenvalue weighted by atomic mass is 10.2. The van der Waals surface area contributed by atoms with Crippen molar-refractivity contribution in [1.29, 1.82) is 0 Å². The minimum Gasteiger partial charge on any atom is -0.297 e. The summed E-state index contributed by atoms with van der Waals surface area (Å²) in [5.74, 6) is -0.666. The zero-order chi connectivity index (χ0) is 15.7. The fourth-order valence-electron chi connectivity index (χ4n) is 1.96. The molecule has 0 bridgehead atoms. The Morgan fingerprint density at radius 2 is 1.76 bits per heavy atom. The molecule has 0 unspecified atom stereocenters. The molecule has 2 aromatic rings. The van der Waals surface area contributed by atoms with E-state index in [2.05, 4.69) is 4.98 Å². The summed E-state index contributed by atoms with van der Waals surface area (Å²) in [6.07, 6.45) is 1.04. The van der Waals surface area contributed by atoms with Crippen LogP contribution in [0.2, 0.25) is 15.2 Å². The van der Waals surface area contributed by atoms with E-state index in [0.29, 0.717) is 12.8 Å². The van der Waals surface area contributed by atoms with E-state index < -0.39 is 17.1 Å². The van der Waals surface area contributed by atoms with Gasteiger partial charge in [0.2, 0.25) is 0 Å². The van der Waals surface area contributed by atoms with Gasteiger partial charge in [0.1, 0.15) is 11.0 Å². The predicted molar refractivity (Wildman–Crippen MR) is 81.6 cm³/mol. The van der Waals surface area contributed by atoms with E-state index in [4.69, 9.17) is 34.8 Å². The number of hydrogen-bond acceptors (Lipinski definition) is 2. The van der Waals surface area contributed by atoms with Crippen LogP contribution >= 0.6 is 34.8 Å². The fraction of sp³-hybridized carbons (Fsp3) is 0.231. The van der Waals surface area contributed by atoms with E-state index in [0.717, 1.165) is 16.7 Å². The van der Waals surface area contributed by atoms with Gasteiger partial charge in [0.25, 0.3) is 5.56 Å². The van der Waals surface area contributed by atoms with Gasteiger partial charge in [0, 0.05) is 0 Å². The highest BCUT2D eigenvalue weighted by Crippen LogP contribution is 2.28. The number of aromatic nitrogens is 2. The highest BCUT2D eigenvalue weighted by molar-refractivity contribution is 6.37. The number of rotatable bonds is 3. The zero-order valence-electron chi connectivity index (χ0n) is 10.8. The number of halogens is 4. The molecule has 1 aromatic carbocycles. The Morgan fingerprint density at radius 1 is 1.19 bits per heavy atom. The molecule has 112 valence electrons. The second-order valence-corrected chi connectivity index (χ2v) is 5.52. The molecule has 0 aliphatic rings. The molecule has 8 heteroatoms. The molecule has 1 N–H and O–H groups in total. The minimum absolute atomic E-state index is 0.0162. The summed E-state index contributed by atoms with van der Waals surface area (Å²) in [7, 11) is 0. The van der Waals surface area contributed by atoms with Crippen LogP contribution < -0.4 is 11.2 Å². The third-order valence-electron chi connectivity index (χ3n) is 2.85. The van der Waals surface area contributed by atoms with Gasteiger partial charge in [-0.3, -0.25) is 9.78 Å². The summed E-state index contributed by atoms with van der Waals surface area (Å²) in [4.78, 5) is 26.8. The van der Waals surface area contributed by atoms with E-state index >= 15 is 0 Å². The number of hydrogen-bond donors (Lipinski definition) is 1. The first-order valence-corrected chi connectivity index (χ1v) is 7.18. The first kappa shape index (κ1) is 16.1. The van der Waals surface area contributed by atoms with E-state index in [-0.39, 0.29) is 26.4 Å². The average molecular weight is 352 g/mol. The summed E-state index contributed by atoms with van der Waals surface area (Å²) < 4.78 is 14.0. The van der Waals surface area contributed by atoms with Crippen molar-refractivity contribution in [2.75, 3.05) is 0 Å². The molecule has 0 fully saturated rings. The van der Waals surface area contributed by atoms with Crippen LogP contribution in [0.1, 0.15) is 18.9 Å². The normalized spacial score (nSPS) is 10.9. The van der Waals surface area contributed by atoms with Crippen molar-refractivity contribution in [3.63, 3.8) is 0 Å². The van der Waals surface area contributed by atoms with Crippen molar-refractivity contribution in [2.24, 2.45) is 0 Å². The average Bonchev–Trinajstić information content (AvgIpc) is 2.37. The Bertz CT molecular complexity index is 791. The standard InChI is InChI=1S/C13H10Cl3FN2O2/c1-2-3-7-11(16)18-13(21)19(12(7)20)10-8(14)4-6(17)5-9(10)15/h4-5H,2-3H2,1H3,(H,18,21). The Labute approximate surface area is 134 Å². The van der Waals surface area contributed by atoms with Gasteiger partial charge >= 0.3 is 5.69 Å². The van der Waals surface area contributed by atoms with Crippen LogP contribution in [0.4, 0.5) is 4.39 Å². The Morgan fingerprint density at radius 3 is 2.29 bits per heavy atom. The Hall–Kier alpha value is -1.30. The van der Waals surface area contributed by atoms with Gasteiger partial charge in [-0.15, -0.1) is 0 Å². The molecule has 21 heavy (non-hydrogen) atoms. The number of aromatic amines is 1. The largest absolute Gasteiger partial charge is 0.334 e. The van der Waals surface area contributed by atoms with E-state index in [9.17, 15) is 14.0 Å². The van der Waals surface area contributed by atoms with Gasteiger partial charge in [-0.25, -0.2) is 13.8 Å². The molecule has 0 saturated heterocycles. The predicted octanol–water partition coefficient (Wildman–Crippen LogP) is 3.58. The van der Waals surface area contributed by atoms with Crippen molar-refractivity contribution < 1.29 is 4.39 Å². The molecular weight excluding hydrogens is 342 g/mol. The lowest BCUT2D eigenvalue weighted by Gasteiger charge is -2.11. The van der Waals surface area contributed by atoms with E-state index in [1.54, 1.807) is 0 Å². The Balaban J connectivity index is 2.86. The highest BCUT2D eigenvalue weighted by Gasteiger charge is 2.18. The molecule has 1 heterocycles. The van der Waals surface area contributed by atoms with Crippen LogP contribution in [0.5, 0.6) is 0 Å². The van der Waals surface area contributed by atoms with Crippen molar-refractivity contribution in [2.45, 2.75) is 19.8 Å². The molecular formula is C13H10Cl3FN2O2. The van der Waals surface area contributed by atoms with Gasteiger partial charge in [-0.1, -0.05) is 48.1 Å². The van der Waals surface area contributed by atoms with Crippen molar-refractivity contribution in [3.05, 3.63) is 59.5 Å². The summed E-state index contributed by atoms with van der Waals surface area (Å²) in [6.45, 7) is 1.86. The molecule has 0 aliphatic carbocycles. The number of nitrogens with one attached hydrogen (secondary N) is 1. The van der Waals surface area contributed by atoms with Gasteiger partial charge < -0.3 is 0 Å². The number of benzene rings is 1. The van der Waals surface area contributed by atoms with Crippen LogP contribution in [-0.2, 0) is 6.42 Å². The fourth-order valence-corrected chi connectivity index (χ4v) is 2.85. The molecule has 1 aromatic heterocycles. The molecule has 0 spiro atoms. The number of nitrogens with zero attached hydrogens (tertiary/aromatic N) is 1. The molecule has 4 nitrogen and oxygen atoms in total. The van der Waals surface area contributed by atoms with Crippen LogP contribution in [0.15, 0.2) is 21.7 Å². The summed E-state index contributed by atoms with van der Waals surface area (Å²) in [6, 6.07) is 1.95. The highest BCUT2D eigenvalue weighted by atomic mass is 35.5. The van der Waals surface area contributed by atoms with Crippen LogP contribution in [0.25, 0.3) is 5.69 Å². The third kappa shape index (κ3) is 3.00. The third-order valence-corrected chi connectivity index (χ3v) is 3.75. The van der Waals surface area contributed by atoms with Gasteiger partial charge in [-0.2, -0.15) is 0 Å². The van der Waals surface area contributed by atoms with E-state index in [1.807, 2.05) is 6.92 Å². The monoisotopic (exact) mass is 350 g/mol. The first-order chi connectivity index (χ1) is 9.86. The van der Waals surface area contributed by atoms with Crippen molar-refractivity contribution in [1.82, 2.24) is 9.55 Å². The van der Waals surface area contributed by atoms with Gasteiger partial charge in [0.05, 0.1) is 21.3 Å². The maximum absolute atomic E-state index is 13.2. The lowest BCUT2D eigenvalue weighted by Crippen LogP contribution is -2.36. The van der Waals surface area contributed by atoms with Crippen molar-refractivity contribution in [3.8, 4) is 5.69 Å². The van der Waals surface area contributed by atoms with Gasteiger partial charge in [0.15, 0.2) is 0 Å². The van der Waals surface area contributed by atoms with Crippen LogP contribution in [0, 0.1) is 5.82 Å². The molecule has 0 aliphatic heterocycles. The summed E-state index contributed by atoms with van der Waals surface area (Å²) in [5.41, 5.74) is -1.24. The SMILES string of the molecule is CCCc1c(Cl)[nH]c(=O)n(-c2c(Cl)cc(F)cc2Cl)c1=O. The second-order valence-electron chi connectivity index (χ2n) is 4.33. The van der Waals surface area contributed by atoms with E-state index in [1.165, 1.54) is 0 Å². The van der Waals surface area contributed by atoms with Crippen molar-refractivity contribution >= 4 is 34.8 Å². The molecule has 2 rings (SSSR count). The topological polar surface area (TPSA) is 54.9 Å². The number of H-pyrrole nitrogens is 1. The quantitative estimate of drug-likeness (QED) is 0.859. The maximum atomic E-state index is 13.2. The summed E-state index contributed by atoms with van der Waals surface area (Å²) in [5, 5.41) is -0.299. The second kappa shape index (κ2) is 6.22. The van der Waals surface area contributed by atoms with Crippen LogP contribution in [0.3, 0.4) is 0 Å². The van der Waals surface area contributed by atoms with Crippen LogP contribution in [-0.4, -0.2) is 9.55 Å². The molecule has 0 atom stereocenters. The smallest absolute Gasteiger partial charge is 0.297 e. The zero-order valence-corrected chi connectivity index (χ0v) is 13.1. The Kier molecular flexibility index (Phi) is 4.76. The molecule has 0 radical (unpaired) electrons. The molecule has 0 saturated carbocycles. The van der Waals surface area contributed by atoms with Gasteiger partial charge in [-0.05, 0) is 18.6 Å². The minimum atomic E-state index is -0.791. The maximum Gasteiger partial charge on any atom is 0.334 e. The summed E-state index contributed by atoms with van der Waals surface area (Å²) >= 11 is 17.7. The first-order valence-electron chi connectivity index (χ1n) is 6.05.